The van der Waals surface area contributed by atoms with E-state index < -0.39 is 0 Å². The van der Waals surface area contributed by atoms with Gasteiger partial charge in [0.1, 0.15) is 5.82 Å². The molecule has 0 radical (unpaired) electrons. The Hall–Kier alpha value is -1.75. The van der Waals surface area contributed by atoms with Gasteiger partial charge < -0.3 is 5.32 Å². The fourth-order valence-corrected chi connectivity index (χ4v) is 3.76. The number of amides is 1. The van der Waals surface area contributed by atoms with Gasteiger partial charge in [-0.2, -0.15) is 0 Å². The van der Waals surface area contributed by atoms with Crippen molar-refractivity contribution in [2.75, 3.05) is 0 Å². The van der Waals surface area contributed by atoms with E-state index in [2.05, 4.69) is 10.3 Å². The van der Waals surface area contributed by atoms with Gasteiger partial charge in [-0.1, -0.05) is 18.2 Å². The molecule has 3 rings (SSSR count). The molecule has 0 bridgehead atoms. The van der Waals surface area contributed by atoms with E-state index in [0.717, 1.165) is 30.0 Å². The standard InChI is InChI=1S/C16H17FN2OS/c1-10-19-14-7-6-11(8-15(14)21-10)16(20)18-9-12-4-2-3-5-13(12)17/h2-5,11H,6-9H2,1H3,(H,18,20). The Kier molecular flexibility index (Phi) is 4.01. The maximum atomic E-state index is 13.5. The van der Waals surface area contributed by atoms with Crippen molar-refractivity contribution in [2.45, 2.75) is 32.7 Å². The van der Waals surface area contributed by atoms with Crippen molar-refractivity contribution in [3.63, 3.8) is 0 Å². The molecule has 2 aromatic rings. The molecule has 1 N–H and O–H groups in total. The number of halogens is 1. The van der Waals surface area contributed by atoms with E-state index in [1.807, 2.05) is 6.92 Å². The summed E-state index contributed by atoms with van der Waals surface area (Å²) in [7, 11) is 0. The zero-order valence-electron chi connectivity index (χ0n) is 11.9. The number of nitrogens with zero attached hydrogens (tertiary/aromatic N) is 1. The number of hydrogen-bond acceptors (Lipinski definition) is 3. The summed E-state index contributed by atoms with van der Waals surface area (Å²) in [6, 6.07) is 6.53. The number of thiazole rings is 1. The molecule has 1 aromatic carbocycles. The molecule has 0 saturated heterocycles. The number of benzene rings is 1. The van der Waals surface area contributed by atoms with Crippen LogP contribution in [0, 0.1) is 18.7 Å². The van der Waals surface area contributed by atoms with Crippen LogP contribution >= 0.6 is 11.3 Å². The topological polar surface area (TPSA) is 42.0 Å². The highest BCUT2D eigenvalue weighted by Gasteiger charge is 2.26. The van der Waals surface area contributed by atoms with Crippen LogP contribution in [-0.2, 0) is 24.2 Å². The third-order valence-corrected chi connectivity index (χ3v) is 4.86. The van der Waals surface area contributed by atoms with Gasteiger partial charge in [-0.25, -0.2) is 9.37 Å². The van der Waals surface area contributed by atoms with Crippen LogP contribution in [0.2, 0.25) is 0 Å². The highest BCUT2D eigenvalue weighted by atomic mass is 32.1. The third-order valence-electron chi connectivity index (χ3n) is 3.83. The maximum absolute atomic E-state index is 13.5. The molecule has 1 unspecified atom stereocenters. The normalized spacial score (nSPS) is 17.3. The van der Waals surface area contributed by atoms with Crippen LogP contribution in [0.25, 0.3) is 0 Å². The van der Waals surface area contributed by atoms with Crippen LogP contribution < -0.4 is 5.32 Å². The first-order valence-electron chi connectivity index (χ1n) is 7.10. The molecule has 1 aromatic heterocycles. The van der Waals surface area contributed by atoms with Gasteiger partial charge in [0.05, 0.1) is 10.7 Å². The Balaban J connectivity index is 1.61. The van der Waals surface area contributed by atoms with E-state index in [4.69, 9.17) is 0 Å². The zero-order chi connectivity index (χ0) is 14.8. The molecule has 0 aliphatic heterocycles. The first-order chi connectivity index (χ1) is 10.1. The maximum Gasteiger partial charge on any atom is 0.223 e. The summed E-state index contributed by atoms with van der Waals surface area (Å²) < 4.78 is 13.5. The van der Waals surface area contributed by atoms with E-state index in [0.29, 0.717) is 5.56 Å². The van der Waals surface area contributed by atoms with Crippen molar-refractivity contribution >= 4 is 17.2 Å². The average Bonchev–Trinajstić information content (AvgIpc) is 2.85. The lowest BCUT2D eigenvalue weighted by atomic mass is 9.90. The minimum atomic E-state index is -0.276. The smallest absolute Gasteiger partial charge is 0.223 e. The second-order valence-corrected chi connectivity index (χ2v) is 6.64. The number of rotatable bonds is 3. The van der Waals surface area contributed by atoms with Gasteiger partial charge in [0.2, 0.25) is 5.91 Å². The van der Waals surface area contributed by atoms with Crippen LogP contribution in [0.15, 0.2) is 24.3 Å². The van der Waals surface area contributed by atoms with Crippen molar-refractivity contribution in [3.8, 4) is 0 Å². The first-order valence-corrected chi connectivity index (χ1v) is 7.91. The molecular weight excluding hydrogens is 287 g/mol. The largest absolute Gasteiger partial charge is 0.352 e. The fraction of sp³-hybridized carbons (Fsp3) is 0.375. The fourth-order valence-electron chi connectivity index (χ4n) is 2.70. The van der Waals surface area contributed by atoms with Crippen LogP contribution in [0.3, 0.4) is 0 Å². The number of carbonyl (C=O) groups is 1. The summed E-state index contributed by atoms with van der Waals surface area (Å²) >= 11 is 1.68. The minimum absolute atomic E-state index is 0.00922. The summed E-state index contributed by atoms with van der Waals surface area (Å²) in [4.78, 5) is 18.0. The summed E-state index contributed by atoms with van der Waals surface area (Å²) in [6.45, 7) is 2.24. The molecule has 3 nitrogen and oxygen atoms in total. The van der Waals surface area contributed by atoms with E-state index in [-0.39, 0.29) is 24.2 Å². The van der Waals surface area contributed by atoms with E-state index in [1.165, 1.54) is 10.9 Å². The molecule has 110 valence electrons. The number of fused-ring (bicyclic) bond motifs is 1. The Bertz CT molecular complexity index is 668. The summed E-state index contributed by atoms with van der Waals surface area (Å²) in [6.07, 6.45) is 2.43. The van der Waals surface area contributed by atoms with Crippen LogP contribution in [0.1, 0.15) is 27.6 Å². The highest BCUT2D eigenvalue weighted by molar-refractivity contribution is 7.11. The number of aromatic nitrogens is 1. The van der Waals surface area contributed by atoms with Gasteiger partial charge >= 0.3 is 0 Å². The van der Waals surface area contributed by atoms with Crippen molar-refractivity contribution in [1.29, 1.82) is 0 Å². The lowest BCUT2D eigenvalue weighted by Crippen LogP contribution is -2.33. The molecule has 0 fully saturated rings. The van der Waals surface area contributed by atoms with Crippen molar-refractivity contribution in [2.24, 2.45) is 5.92 Å². The monoisotopic (exact) mass is 304 g/mol. The molecule has 1 aliphatic rings. The summed E-state index contributed by atoms with van der Waals surface area (Å²) in [5, 5.41) is 3.91. The second-order valence-electron chi connectivity index (χ2n) is 5.35. The van der Waals surface area contributed by atoms with Gasteiger partial charge in [0.25, 0.3) is 0 Å². The Morgan fingerprint density at radius 1 is 1.48 bits per heavy atom. The number of nitrogens with one attached hydrogen (secondary N) is 1. The molecule has 0 spiro atoms. The molecule has 1 amide bonds. The molecule has 1 heterocycles. The van der Waals surface area contributed by atoms with Gasteiger partial charge in [0.15, 0.2) is 0 Å². The molecule has 1 atom stereocenters. The van der Waals surface area contributed by atoms with Crippen molar-refractivity contribution in [3.05, 3.63) is 51.2 Å². The van der Waals surface area contributed by atoms with E-state index in [1.54, 1.807) is 29.5 Å². The third kappa shape index (κ3) is 3.13. The van der Waals surface area contributed by atoms with Gasteiger partial charge in [0, 0.05) is 22.9 Å². The van der Waals surface area contributed by atoms with Gasteiger partial charge in [-0.3, -0.25) is 4.79 Å². The van der Waals surface area contributed by atoms with Crippen LogP contribution in [-0.4, -0.2) is 10.9 Å². The Morgan fingerprint density at radius 3 is 3.10 bits per heavy atom. The van der Waals surface area contributed by atoms with Crippen LogP contribution in [0.5, 0.6) is 0 Å². The summed E-state index contributed by atoms with van der Waals surface area (Å²) in [5.41, 5.74) is 1.67. The summed E-state index contributed by atoms with van der Waals surface area (Å²) in [5.74, 6) is -0.291. The predicted molar refractivity (Wildman–Crippen MR) is 80.6 cm³/mol. The minimum Gasteiger partial charge on any atom is -0.352 e. The Morgan fingerprint density at radius 2 is 2.29 bits per heavy atom. The average molecular weight is 304 g/mol. The molecule has 21 heavy (non-hydrogen) atoms. The first kappa shape index (κ1) is 14.2. The lowest BCUT2D eigenvalue weighted by molar-refractivity contribution is -0.125. The number of aryl methyl sites for hydroxylation is 2. The van der Waals surface area contributed by atoms with Crippen LogP contribution in [0.4, 0.5) is 4.39 Å². The quantitative estimate of drug-likeness (QED) is 0.947. The van der Waals surface area contributed by atoms with E-state index >= 15 is 0 Å². The Labute approximate surface area is 127 Å². The molecular formula is C16H17FN2OS. The van der Waals surface area contributed by atoms with Crippen molar-refractivity contribution in [1.82, 2.24) is 10.3 Å². The predicted octanol–water partition coefficient (Wildman–Crippen LogP) is 3.01. The second kappa shape index (κ2) is 5.93. The van der Waals surface area contributed by atoms with Gasteiger partial charge in [-0.15, -0.1) is 11.3 Å². The van der Waals surface area contributed by atoms with Gasteiger partial charge in [-0.05, 0) is 32.3 Å². The lowest BCUT2D eigenvalue weighted by Gasteiger charge is -2.20. The molecule has 5 heteroatoms. The SMILES string of the molecule is Cc1nc2c(s1)CC(C(=O)NCc1ccccc1F)CC2. The van der Waals surface area contributed by atoms with E-state index in [9.17, 15) is 9.18 Å². The zero-order valence-corrected chi connectivity index (χ0v) is 12.7. The molecule has 1 aliphatic carbocycles. The molecule has 0 saturated carbocycles. The number of hydrogen-bond donors (Lipinski definition) is 1. The van der Waals surface area contributed by atoms with Crippen molar-refractivity contribution < 1.29 is 9.18 Å². The number of carbonyl (C=O) groups excluding carboxylic acids is 1. The highest BCUT2D eigenvalue weighted by Crippen LogP contribution is 2.29.